The van der Waals surface area contributed by atoms with Crippen LogP contribution in [0.4, 0.5) is 37.3 Å². The van der Waals surface area contributed by atoms with Crippen molar-refractivity contribution < 1.29 is 18.4 Å². The van der Waals surface area contributed by atoms with Gasteiger partial charge in [0, 0.05) is 22.7 Å². The Balaban J connectivity index is 0.000000133. The number of fused-ring (bicyclic) bond motifs is 6. The molecule has 0 aliphatic carbocycles. The van der Waals surface area contributed by atoms with Crippen molar-refractivity contribution in [3.05, 3.63) is 428 Å². The number of nitrogen functional groups attached to an aromatic ring is 2. The SMILES string of the molecule is Cc1ccccc1-n1c(CN)nc2cccc(C)c2c1=O.Cc1ccccc1-n1c(CN)nc2cccc(C)c2c1=O.Cc1ccccc1-n1c(CN)nc2cccc(F)c2c1=O.Cc1ccccc1NC(=O)c1c(C)cccc1N.Cc1ccccc1NC(=O)c1c(N)cccc1F.Cc1nc(C)c2[nH]cnc2n1.Cc1nc(NCc2nc3cccc(C)c3c(=O)n2-c2ccccc2C)c2[nH]cnc2n1. The van der Waals surface area contributed by atoms with Crippen LogP contribution in [0.2, 0.25) is 0 Å². The van der Waals surface area contributed by atoms with Crippen molar-refractivity contribution in [3.8, 4) is 22.7 Å². The third-order valence-corrected chi connectivity index (χ3v) is 23.4. The maximum Gasteiger partial charge on any atom is 0.269 e. The number of hydrogen-bond acceptors (Lipinski definition) is 22. The molecule has 20 rings (SSSR count). The van der Waals surface area contributed by atoms with Crippen molar-refractivity contribution in [2.75, 3.05) is 27.4 Å². The minimum absolute atomic E-state index is 0.0158. The number of rotatable bonds is 14. The molecule has 0 atom stereocenters. The third-order valence-electron chi connectivity index (χ3n) is 23.4. The first-order valence-corrected chi connectivity index (χ1v) is 45.2. The molecule has 30 nitrogen and oxygen atoms in total. The number of nitrogens with two attached hydrogens (primary N) is 5. The fraction of sp³-hybridized carbons (Fsp3) is 0.156. The molecular weight excluding hydrogens is 1780 g/mol. The van der Waals surface area contributed by atoms with E-state index in [0.717, 1.165) is 101 Å². The van der Waals surface area contributed by atoms with Crippen LogP contribution in [0.1, 0.15) is 117 Å². The Bertz CT molecular complexity index is 7870. The molecule has 2 amide bonds. The quantitative estimate of drug-likeness (QED) is 0.0452. The Labute approximate surface area is 809 Å². The summed E-state index contributed by atoms with van der Waals surface area (Å²) in [4.78, 5) is 126. The number of hydrogen-bond donors (Lipinski definition) is 10. The van der Waals surface area contributed by atoms with E-state index in [0.29, 0.717) is 113 Å². The fourth-order valence-electron chi connectivity index (χ4n) is 16.3. The average Bonchev–Trinajstić information content (AvgIpc) is 1.57. The molecule has 0 aliphatic rings. The number of carbonyl (C=O) groups is 2. The van der Waals surface area contributed by atoms with E-state index in [1.54, 1.807) is 56.7 Å². The van der Waals surface area contributed by atoms with Crippen LogP contribution in [0.5, 0.6) is 0 Å². The molecule has 712 valence electrons. The number of aromatic amines is 2. The molecule has 0 aliphatic heterocycles. The largest absolute Gasteiger partial charge is 0.398 e. The van der Waals surface area contributed by atoms with E-state index in [2.05, 4.69) is 70.8 Å². The van der Waals surface area contributed by atoms with Crippen molar-refractivity contribution in [1.82, 2.24) is 78.1 Å². The van der Waals surface area contributed by atoms with Crippen LogP contribution in [-0.4, -0.2) is 89.9 Å². The number of nitrogens with one attached hydrogen (secondary N) is 5. The van der Waals surface area contributed by atoms with Crippen LogP contribution in [0.3, 0.4) is 0 Å². The van der Waals surface area contributed by atoms with Gasteiger partial charge < -0.3 is 54.6 Å². The lowest BCUT2D eigenvalue weighted by molar-refractivity contribution is 0.101. The summed E-state index contributed by atoms with van der Waals surface area (Å²) in [5.41, 5.74) is 49.6. The predicted molar refractivity (Wildman–Crippen MR) is 556 cm³/mol. The summed E-state index contributed by atoms with van der Waals surface area (Å²) in [5.74, 6) is 2.25. The van der Waals surface area contributed by atoms with Crippen LogP contribution in [0.25, 0.3) is 88.7 Å². The average molecular weight is 1890 g/mol. The summed E-state index contributed by atoms with van der Waals surface area (Å²) in [6, 6.07) is 76.8. The summed E-state index contributed by atoms with van der Waals surface area (Å²) >= 11 is 0. The Hall–Kier alpha value is -17.6. The van der Waals surface area contributed by atoms with Crippen LogP contribution >= 0.6 is 0 Å². The molecule has 12 aromatic carbocycles. The molecule has 0 spiro atoms. The van der Waals surface area contributed by atoms with Gasteiger partial charge in [-0.15, -0.1) is 0 Å². The van der Waals surface area contributed by atoms with Gasteiger partial charge >= 0.3 is 0 Å². The highest BCUT2D eigenvalue weighted by atomic mass is 19.1. The summed E-state index contributed by atoms with van der Waals surface area (Å²) < 4.78 is 33.9. The molecule has 8 aromatic heterocycles. The molecule has 32 heteroatoms. The third kappa shape index (κ3) is 22.1. The van der Waals surface area contributed by atoms with Gasteiger partial charge in [-0.3, -0.25) is 47.0 Å². The number of imidazole rings is 2. The van der Waals surface area contributed by atoms with Crippen LogP contribution in [0, 0.1) is 102 Å². The van der Waals surface area contributed by atoms with E-state index in [-0.39, 0.29) is 58.9 Å². The maximum atomic E-state index is 14.0. The Morgan fingerprint density at radius 1 is 0.319 bits per heavy atom. The van der Waals surface area contributed by atoms with Crippen molar-refractivity contribution in [1.29, 1.82) is 0 Å². The molecule has 8 heterocycles. The van der Waals surface area contributed by atoms with Gasteiger partial charge in [0.25, 0.3) is 34.1 Å². The van der Waals surface area contributed by atoms with E-state index in [1.807, 2.05) is 284 Å². The van der Waals surface area contributed by atoms with Crippen molar-refractivity contribution in [3.63, 3.8) is 0 Å². The number of halogens is 2. The lowest BCUT2D eigenvalue weighted by Gasteiger charge is -2.17. The second-order valence-electron chi connectivity index (χ2n) is 33.3. The highest BCUT2D eigenvalue weighted by Gasteiger charge is 2.24. The van der Waals surface area contributed by atoms with E-state index in [1.165, 1.54) is 34.9 Å². The first-order valence-electron chi connectivity index (χ1n) is 45.2. The summed E-state index contributed by atoms with van der Waals surface area (Å²) in [6.07, 6.45) is 3.22. The molecule has 141 heavy (non-hydrogen) atoms. The zero-order valence-electron chi connectivity index (χ0n) is 80.1. The van der Waals surface area contributed by atoms with Gasteiger partial charge in [0.1, 0.15) is 63.0 Å². The summed E-state index contributed by atoms with van der Waals surface area (Å²) in [5, 5.41) is 10.8. The molecular formula is C109H106F2N24O6. The second-order valence-corrected chi connectivity index (χ2v) is 33.3. The molecule has 20 aromatic rings. The van der Waals surface area contributed by atoms with E-state index >= 15 is 0 Å². The molecule has 15 N–H and O–H groups in total. The number of H-pyrrole nitrogens is 2. The normalized spacial score (nSPS) is 10.8. The minimum Gasteiger partial charge on any atom is -0.398 e. The first kappa shape index (κ1) is 99.3. The monoisotopic (exact) mass is 1880 g/mol. The standard InChI is InChI=1S/C23H21N7O.2C17H17N3O.C16H14FN3O.C15H16N2O.C14H13FN2O.C7H8N4/c1-13-7-4-5-10-17(13)30-18(29-16-9-6-8-14(2)19(16)23(30)31)11-24-21-20-22(26-12-25-20)28-15(3)27-21;2*1-11-6-3-4-9-14(11)20-15(10-18)19-13-8-5-7-12(2)16(13)17(20)21;1-10-5-2-3-8-13(10)20-14(9-18)19-12-7-4-6-11(17)15(12)16(20)21;1-10-6-3-4-9-13(10)17-15(18)14-11(2)7-5-8-12(14)16;1-9-5-2-3-8-12(9)17-14(18)13-10(15)6-4-7-11(13)16;1-4-6-7(9-3-8-6)11-5(2)10-4/h4-10,12H,11H2,1-3H3,(H2,24,25,26,27,28);2*3-9H,10,18H2,1-2H3;2-8H,9,18H2,1H3;3-9H,16H2,1-2H3,(H,17,18);2-8H,16H2,1H3,(H,17,18);3H,1-2H3,(H,8,9,10,11). The number of anilines is 5. The number of amides is 2. The van der Waals surface area contributed by atoms with Crippen LogP contribution in [-0.2, 0) is 26.2 Å². The maximum absolute atomic E-state index is 14.0. The van der Waals surface area contributed by atoms with Gasteiger partial charge in [-0.1, -0.05) is 170 Å². The summed E-state index contributed by atoms with van der Waals surface area (Å²) in [6.45, 7) is 25.8. The van der Waals surface area contributed by atoms with Gasteiger partial charge in [-0.25, -0.2) is 58.6 Å². The van der Waals surface area contributed by atoms with Gasteiger partial charge in [0.15, 0.2) is 17.1 Å². The lowest BCUT2D eigenvalue weighted by atomic mass is 10.1. The number of benzene rings is 12. The topological polar surface area (TPSA) is 449 Å². The van der Waals surface area contributed by atoms with Gasteiger partial charge in [0.2, 0.25) is 0 Å². The summed E-state index contributed by atoms with van der Waals surface area (Å²) in [7, 11) is 0. The predicted octanol–water partition coefficient (Wildman–Crippen LogP) is 17.9. The van der Waals surface area contributed by atoms with E-state index in [9.17, 15) is 37.5 Å². The van der Waals surface area contributed by atoms with E-state index < -0.39 is 23.1 Å². The highest BCUT2D eigenvalue weighted by Crippen LogP contribution is 2.29. The Morgan fingerprint density at radius 3 is 1.04 bits per heavy atom. The number of para-hydroxylation sites is 6. The fourth-order valence-corrected chi connectivity index (χ4v) is 16.3. The van der Waals surface area contributed by atoms with Gasteiger partial charge in [-0.05, 0) is 231 Å². The molecule has 0 saturated carbocycles. The van der Waals surface area contributed by atoms with Crippen molar-refractivity contribution in [2.45, 2.75) is 116 Å². The van der Waals surface area contributed by atoms with E-state index in [4.69, 9.17) is 33.7 Å². The molecule has 0 fully saturated rings. The highest BCUT2D eigenvalue weighted by molar-refractivity contribution is 6.09. The van der Waals surface area contributed by atoms with Gasteiger partial charge in [-0.2, -0.15) is 0 Å². The van der Waals surface area contributed by atoms with Crippen LogP contribution < -0.4 is 66.9 Å². The number of aryl methyl sites for hydroxylation is 13. The van der Waals surface area contributed by atoms with Crippen molar-refractivity contribution in [2.24, 2.45) is 17.2 Å². The Kier molecular flexibility index (Phi) is 31.3. The number of aromatic nitrogens is 16. The Morgan fingerprint density at radius 2 is 0.631 bits per heavy atom. The smallest absolute Gasteiger partial charge is 0.269 e. The molecule has 0 unspecified atom stereocenters. The first-order chi connectivity index (χ1) is 67.9. The zero-order chi connectivity index (χ0) is 101. The van der Waals surface area contributed by atoms with Gasteiger partial charge in [0.05, 0.1) is 117 Å². The van der Waals surface area contributed by atoms with Crippen LogP contribution in [0.15, 0.2) is 287 Å². The lowest BCUT2D eigenvalue weighted by Crippen LogP contribution is -2.26. The molecule has 0 radical (unpaired) electrons. The number of nitrogens with zero attached hydrogens (tertiary/aromatic N) is 14. The molecule has 0 saturated heterocycles. The zero-order valence-corrected chi connectivity index (χ0v) is 80.1. The molecule has 0 bridgehead atoms. The van der Waals surface area contributed by atoms with Crippen molar-refractivity contribution >= 4 is 106 Å². The second kappa shape index (κ2) is 44.5. The number of carbonyl (C=O) groups excluding carboxylic acids is 2. The minimum atomic E-state index is -0.624.